The largest absolute Gasteiger partial charge is 0.489 e. The number of nitrogens with one attached hydrogen (secondary N) is 1. The van der Waals surface area contributed by atoms with Gasteiger partial charge in [0.15, 0.2) is 5.69 Å². The number of aromatic nitrogens is 3. The number of methoxy groups -OCH3 is 1. The Morgan fingerprint density at radius 3 is 2.57 bits per heavy atom. The van der Waals surface area contributed by atoms with Crippen molar-refractivity contribution in [3.8, 4) is 5.75 Å². The minimum Gasteiger partial charge on any atom is -0.489 e. The molecule has 1 amide bonds. The summed E-state index contributed by atoms with van der Waals surface area (Å²) >= 11 is 12.7. The summed E-state index contributed by atoms with van der Waals surface area (Å²) in [5, 5.41) is 7.04. The van der Waals surface area contributed by atoms with Crippen LogP contribution in [0.15, 0.2) is 40.0 Å². The smallest absolute Gasteiger partial charge is 0.297 e. The molecule has 9 nitrogen and oxygen atoms in total. The van der Waals surface area contributed by atoms with Crippen molar-refractivity contribution in [3.63, 3.8) is 0 Å². The van der Waals surface area contributed by atoms with E-state index in [9.17, 15) is 9.59 Å². The van der Waals surface area contributed by atoms with Gasteiger partial charge in [-0.25, -0.2) is 4.98 Å². The lowest BCUT2D eigenvalue weighted by Gasteiger charge is -2.29. The summed E-state index contributed by atoms with van der Waals surface area (Å²) in [5.74, 6) is -0.613. The molecule has 30 heavy (non-hydrogen) atoms. The molecule has 1 aromatic carbocycles. The van der Waals surface area contributed by atoms with E-state index in [1.165, 1.54) is 31.2 Å². The highest BCUT2D eigenvalue weighted by Crippen LogP contribution is 2.34. The van der Waals surface area contributed by atoms with Gasteiger partial charge in [-0.3, -0.25) is 14.2 Å². The van der Waals surface area contributed by atoms with E-state index >= 15 is 0 Å². The third-order valence-corrected chi connectivity index (χ3v) is 5.31. The van der Waals surface area contributed by atoms with Gasteiger partial charge in [-0.1, -0.05) is 34.4 Å². The van der Waals surface area contributed by atoms with E-state index in [0.29, 0.717) is 21.3 Å². The van der Waals surface area contributed by atoms with Gasteiger partial charge in [-0.2, -0.15) is 0 Å². The maximum absolute atomic E-state index is 12.9. The first-order chi connectivity index (χ1) is 14.3. The molecule has 0 aliphatic carbocycles. The molecule has 2 heterocycles. The summed E-state index contributed by atoms with van der Waals surface area (Å²) < 4.78 is 11.1. The highest BCUT2D eigenvalue weighted by molar-refractivity contribution is 6.36. The van der Waals surface area contributed by atoms with E-state index in [2.05, 4.69) is 15.5 Å². The van der Waals surface area contributed by atoms with Crippen LogP contribution < -0.4 is 20.5 Å². The molecule has 11 heteroatoms. The Morgan fingerprint density at radius 2 is 2.00 bits per heavy atom. The van der Waals surface area contributed by atoms with Crippen LogP contribution in [-0.2, 0) is 7.05 Å². The summed E-state index contributed by atoms with van der Waals surface area (Å²) in [5.41, 5.74) is 0.280. The van der Waals surface area contributed by atoms with E-state index < -0.39 is 11.5 Å². The molecule has 0 fully saturated rings. The minimum absolute atomic E-state index is 0.180. The van der Waals surface area contributed by atoms with Crippen LogP contribution in [-0.4, -0.2) is 34.8 Å². The van der Waals surface area contributed by atoms with E-state index in [1.807, 2.05) is 6.92 Å². The number of amides is 1. The average molecular weight is 452 g/mol. The third kappa shape index (κ3) is 3.99. The quantitative estimate of drug-likeness (QED) is 0.611. The summed E-state index contributed by atoms with van der Waals surface area (Å²) in [6.45, 7) is 1.86. The van der Waals surface area contributed by atoms with Crippen LogP contribution >= 0.6 is 23.2 Å². The fourth-order valence-corrected chi connectivity index (χ4v) is 3.67. The van der Waals surface area contributed by atoms with Crippen molar-refractivity contribution in [2.45, 2.75) is 13.0 Å². The van der Waals surface area contributed by atoms with Crippen LogP contribution in [0, 0.1) is 0 Å². The Kier molecular flexibility index (Phi) is 6.33. The molecule has 1 atom stereocenters. The van der Waals surface area contributed by atoms with Gasteiger partial charge in [0.2, 0.25) is 11.7 Å². The molecule has 0 aliphatic heterocycles. The summed E-state index contributed by atoms with van der Waals surface area (Å²) in [4.78, 5) is 31.7. The molecule has 3 rings (SSSR count). The molecule has 0 radical (unpaired) electrons. The van der Waals surface area contributed by atoms with Crippen molar-refractivity contribution in [1.29, 1.82) is 0 Å². The first-order valence-corrected chi connectivity index (χ1v) is 9.54. The Bertz CT molecular complexity index is 1110. The van der Waals surface area contributed by atoms with E-state index in [0.717, 1.165) is 0 Å². The van der Waals surface area contributed by atoms with Crippen molar-refractivity contribution in [3.05, 3.63) is 62.3 Å². The molecule has 0 aliphatic rings. The third-order valence-electron chi connectivity index (χ3n) is 4.65. The van der Waals surface area contributed by atoms with Crippen molar-refractivity contribution in [1.82, 2.24) is 14.7 Å². The van der Waals surface area contributed by atoms with E-state index in [1.54, 1.807) is 30.1 Å². The number of anilines is 2. The van der Waals surface area contributed by atoms with Gasteiger partial charge in [0.25, 0.3) is 11.5 Å². The number of ether oxygens (including phenoxy) is 1. The number of carbonyl (C=O) groups excluding carboxylic acids is 1. The summed E-state index contributed by atoms with van der Waals surface area (Å²) in [6.07, 6.45) is 2.57. The first-order valence-electron chi connectivity index (χ1n) is 8.78. The second-order valence-corrected chi connectivity index (χ2v) is 7.26. The molecule has 0 bridgehead atoms. The molecule has 0 spiro atoms. The molecular formula is C19H19Cl2N5O4. The zero-order valence-electron chi connectivity index (χ0n) is 16.6. The van der Waals surface area contributed by atoms with Gasteiger partial charge in [0.05, 0.1) is 19.3 Å². The van der Waals surface area contributed by atoms with Gasteiger partial charge in [-0.05, 0) is 19.1 Å². The second-order valence-electron chi connectivity index (χ2n) is 6.45. The Balaban J connectivity index is 2.07. The average Bonchev–Trinajstić information content (AvgIpc) is 3.22. The molecule has 2 aromatic heterocycles. The van der Waals surface area contributed by atoms with E-state index in [-0.39, 0.29) is 23.4 Å². The highest BCUT2D eigenvalue weighted by Gasteiger charge is 2.26. The number of benzene rings is 1. The Morgan fingerprint density at radius 1 is 1.33 bits per heavy atom. The molecule has 1 N–H and O–H groups in total. The van der Waals surface area contributed by atoms with Crippen LogP contribution in [0.1, 0.15) is 29.0 Å². The Hall–Kier alpha value is -3.04. The first kappa shape index (κ1) is 21.7. The number of hydrogen-bond acceptors (Lipinski definition) is 7. The lowest BCUT2D eigenvalue weighted by Crippen LogP contribution is -2.33. The monoisotopic (exact) mass is 451 g/mol. The predicted octanol–water partition coefficient (Wildman–Crippen LogP) is 3.53. The highest BCUT2D eigenvalue weighted by atomic mass is 35.5. The molecule has 3 aromatic rings. The predicted molar refractivity (Wildman–Crippen MR) is 114 cm³/mol. The van der Waals surface area contributed by atoms with Crippen LogP contribution in [0.25, 0.3) is 0 Å². The van der Waals surface area contributed by atoms with Gasteiger partial charge < -0.3 is 19.5 Å². The molecule has 1 unspecified atom stereocenters. The minimum atomic E-state index is -0.647. The Labute approximate surface area is 182 Å². The van der Waals surface area contributed by atoms with Crippen LogP contribution in [0.2, 0.25) is 10.0 Å². The van der Waals surface area contributed by atoms with Crippen LogP contribution in [0.4, 0.5) is 11.6 Å². The van der Waals surface area contributed by atoms with Crippen molar-refractivity contribution >= 4 is 40.7 Å². The maximum atomic E-state index is 12.9. The fourth-order valence-electron chi connectivity index (χ4n) is 2.96. The van der Waals surface area contributed by atoms with Gasteiger partial charge in [-0.15, -0.1) is 0 Å². The standard InChI is InChI=1S/C19H19Cl2N5O4/c1-10(14-12(20)6-5-7-13(14)21)25(2)19-24-15(16(29-4)18(28)26(19)3)17(27)23-11-8-22-30-9-11/h5-10H,1-4H3,(H,23,27). The SMILES string of the molecule is COc1c(C(=O)Nc2cnoc2)nc(N(C)C(C)c2c(Cl)cccc2Cl)n(C)c1=O. The van der Waals surface area contributed by atoms with Crippen molar-refractivity contribution in [2.75, 3.05) is 24.4 Å². The zero-order chi connectivity index (χ0) is 22.0. The molecule has 0 saturated carbocycles. The topological polar surface area (TPSA) is 102 Å². The number of halogens is 2. The van der Waals surface area contributed by atoms with Gasteiger partial charge in [0, 0.05) is 29.7 Å². The molecule has 158 valence electrons. The number of nitrogens with zero attached hydrogens (tertiary/aromatic N) is 4. The van der Waals surface area contributed by atoms with E-state index in [4.69, 9.17) is 32.5 Å². The fraction of sp³-hybridized carbons (Fsp3) is 0.263. The van der Waals surface area contributed by atoms with Gasteiger partial charge in [0.1, 0.15) is 12.0 Å². The number of rotatable bonds is 6. The lowest BCUT2D eigenvalue weighted by molar-refractivity contribution is 0.101. The normalized spacial score (nSPS) is 11.8. The molecular weight excluding hydrogens is 433 g/mol. The zero-order valence-corrected chi connectivity index (χ0v) is 18.2. The summed E-state index contributed by atoms with van der Waals surface area (Å²) in [6, 6.07) is 4.85. The lowest BCUT2D eigenvalue weighted by atomic mass is 10.1. The summed E-state index contributed by atoms with van der Waals surface area (Å²) in [7, 11) is 4.55. The second kappa shape index (κ2) is 8.76. The molecule has 0 saturated heterocycles. The number of carbonyl (C=O) groups is 1. The van der Waals surface area contributed by atoms with Crippen LogP contribution in [0.3, 0.4) is 0 Å². The maximum Gasteiger partial charge on any atom is 0.297 e. The van der Waals surface area contributed by atoms with Gasteiger partial charge >= 0.3 is 0 Å². The van der Waals surface area contributed by atoms with Crippen molar-refractivity contribution < 1.29 is 14.1 Å². The van der Waals surface area contributed by atoms with Crippen LogP contribution in [0.5, 0.6) is 5.75 Å². The van der Waals surface area contributed by atoms with Crippen molar-refractivity contribution in [2.24, 2.45) is 7.05 Å². The number of hydrogen-bond donors (Lipinski definition) is 1.